The van der Waals surface area contributed by atoms with Gasteiger partial charge in [0, 0.05) is 37.7 Å². The minimum Gasteiger partial charge on any atom is -0.397 e. The highest BCUT2D eigenvalue weighted by molar-refractivity contribution is 7.86. The topological polar surface area (TPSA) is 480 Å². The molecule has 0 atom stereocenters. The van der Waals surface area contributed by atoms with Crippen LogP contribution in [0.4, 0.5) is 47.1 Å². The van der Waals surface area contributed by atoms with Crippen LogP contribution in [0.1, 0.15) is 11.1 Å². The second-order valence-electron chi connectivity index (χ2n) is 14.4. The van der Waals surface area contributed by atoms with E-state index in [2.05, 4.69) is 56.4 Å². The van der Waals surface area contributed by atoms with Crippen LogP contribution in [0.3, 0.4) is 0 Å². The molecule has 2 aromatic heterocycles. The third-order valence-corrected chi connectivity index (χ3v) is 12.5. The zero-order valence-electron chi connectivity index (χ0n) is 35.8. The third-order valence-electron chi connectivity index (χ3n) is 9.23. The maximum Gasteiger partial charge on any atom is 0.295 e. The first-order chi connectivity index (χ1) is 32.4. The molecule has 69 heavy (non-hydrogen) atoms. The molecular formula is C34H49BN12O18S4. The summed E-state index contributed by atoms with van der Waals surface area (Å²) in [5, 5.41) is 72.0. The minimum atomic E-state index is -5.09. The predicted octanol–water partition coefficient (Wildman–Crippen LogP) is -2.29. The molecule has 0 spiro atoms. The lowest BCUT2D eigenvalue weighted by Gasteiger charge is -2.35. The summed E-state index contributed by atoms with van der Waals surface area (Å²) in [6, 6.07) is 4.34. The van der Waals surface area contributed by atoms with Crippen molar-refractivity contribution < 1.29 is 82.5 Å². The van der Waals surface area contributed by atoms with Gasteiger partial charge in [-0.2, -0.15) is 63.6 Å². The van der Waals surface area contributed by atoms with Crippen LogP contribution in [0.2, 0.25) is 12.6 Å². The first-order valence-electron chi connectivity index (χ1n) is 20.0. The van der Waals surface area contributed by atoms with Crippen molar-refractivity contribution in [3.05, 3.63) is 47.5 Å². The van der Waals surface area contributed by atoms with Crippen LogP contribution >= 0.6 is 0 Å². The monoisotopic (exact) mass is 1050 g/mol. The highest BCUT2D eigenvalue weighted by Gasteiger charge is 2.29. The quantitative estimate of drug-likeness (QED) is 0.0155. The molecule has 0 bridgehead atoms. The molecule has 4 rings (SSSR count). The predicted molar refractivity (Wildman–Crippen MR) is 249 cm³/mol. The zero-order valence-corrected chi connectivity index (χ0v) is 39.1. The van der Waals surface area contributed by atoms with Crippen molar-refractivity contribution in [1.29, 1.82) is 0 Å². The minimum absolute atomic E-state index is 0.0509. The Kier molecular flexibility index (Phi) is 20.2. The summed E-state index contributed by atoms with van der Waals surface area (Å²) in [6.07, 6.45) is 2.48. The molecule has 0 saturated carbocycles. The van der Waals surface area contributed by atoms with E-state index in [1.807, 2.05) is 0 Å². The molecule has 4 aromatic rings. The molecule has 2 heterocycles. The average molecular weight is 1050 g/mol. The Morgan fingerprint density at radius 3 is 1.30 bits per heavy atom. The van der Waals surface area contributed by atoms with Gasteiger partial charge in [-0.3, -0.25) is 18.2 Å². The Labute approximate surface area is 395 Å². The number of aliphatic hydroxyl groups excluding tert-OH is 6. The van der Waals surface area contributed by atoms with Gasteiger partial charge in [-0.05, 0) is 48.0 Å². The van der Waals surface area contributed by atoms with Crippen molar-refractivity contribution in [3.63, 3.8) is 0 Å². The van der Waals surface area contributed by atoms with Gasteiger partial charge in [-0.25, -0.2) is 0 Å². The van der Waals surface area contributed by atoms with E-state index in [1.165, 1.54) is 18.2 Å². The number of hydrogen-bond donors (Lipinski definition) is 15. The second kappa shape index (κ2) is 24.8. The molecule has 0 radical (unpaired) electrons. The maximum absolute atomic E-state index is 12.7. The molecule has 0 unspecified atom stereocenters. The van der Waals surface area contributed by atoms with Crippen molar-refractivity contribution in [1.82, 2.24) is 29.9 Å². The molecule has 380 valence electrons. The molecule has 0 aliphatic rings. The number of aromatic nitrogens is 6. The van der Waals surface area contributed by atoms with Crippen LogP contribution in [0.15, 0.2) is 46.2 Å². The molecule has 15 N–H and O–H groups in total. The van der Waals surface area contributed by atoms with Gasteiger partial charge in [0.15, 0.2) is 0 Å². The number of nitrogens with one attached hydrogen (secondary N) is 5. The number of hydrogen-bond acceptors (Lipinski definition) is 26. The molecule has 0 fully saturated rings. The fourth-order valence-electron chi connectivity index (χ4n) is 6.03. The fourth-order valence-corrected chi connectivity index (χ4v) is 8.17. The first-order valence-corrected chi connectivity index (χ1v) is 26.1. The maximum atomic E-state index is 12.7. The van der Waals surface area contributed by atoms with Crippen LogP contribution < -0.4 is 31.4 Å². The fraction of sp³-hybridized carbons (Fsp3) is 0.412. The van der Waals surface area contributed by atoms with E-state index in [0.717, 1.165) is 35.3 Å². The molecule has 0 aliphatic heterocycles. The van der Waals surface area contributed by atoms with Gasteiger partial charge < -0.3 is 62.0 Å². The van der Waals surface area contributed by atoms with E-state index in [4.69, 9.17) is 4.55 Å². The van der Waals surface area contributed by atoms with E-state index in [1.54, 1.807) is 0 Å². The van der Waals surface area contributed by atoms with Crippen LogP contribution in [-0.4, -0.2) is 196 Å². The average Bonchev–Trinajstić information content (AvgIpc) is 3.25. The number of rotatable bonds is 29. The second-order valence-corrected chi connectivity index (χ2v) is 20.3. The van der Waals surface area contributed by atoms with Crippen molar-refractivity contribution in [2.24, 2.45) is 0 Å². The third kappa shape index (κ3) is 17.7. The van der Waals surface area contributed by atoms with Crippen LogP contribution in [0.25, 0.3) is 12.2 Å². The zero-order chi connectivity index (χ0) is 51.2. The number of benzene rings is 2. The molecule has 2 aromatic carbocycles. The smallest absolute Gasteiger partial charge is 0.295 e. The van der Waals surface area contributed by atoms with Gasteiger partial charge in [0.1, 0.15) is 9.79 Å². The van der Waals surface area contributed by atoms with E-state index in [0.29, 0.717) is 0 Å². The Bertz CT molecular complexity index is 2850. The van der Waals surface area contributed by atoms with Gasteiger partial charge in [-0.1, -0.05) is 24.3 Å². The summed E-state index contributed by atoms with van der Waals surface area (Å²) in [6.45, 7) is -4.87. The van der Waals surface area contributed by atoms with Crippen LogP contribution in [0, 0.1) is 0 Å². The van der Waals surface area contributed by atoms with Gasteiger partial charge >= 0.3 is 0 Å². The van der Waals surface area contributed by atoms with E-state index >= 15 is 0 Å². The lowest BCUT2D eigenvalue weighted by molar-refractivity contribution is 0.142. The van der Waals surface area contributed by atoms with E-state index in [9.17, 15) is 78.0 Å². The molecule has 35 heteroatoms. The van der Waals surface area contributed by atoms with E-state index < -0.39 is 126 Å². The molecule has 0 saturated heterocycles. The van der Waals surface area contributed by atoms with Crippen molar-refractivity contribution >= 4 is 107 Å². The Hall–Kier alpha value is -5.54. The van der Waals surface area contributed by atoms with Crippen molar-refractivity contribution in [3.8, 4) is 0 Å². The number of nitrogens with zero attached hydrogens (tertiary/aromatic N) is 7. The van der Waals surface area contributed by atoms with Gasteiger partial charge in [0.2, 0.25) is 35.7 Å². The molecule has 0 aliphatic carbocycles. The molecule has 30 nitrogen and oxygen atoms in total. The van der Waals surface area contributed by atoms with Crippen LogP contribution in [0.5, 0.6) is 0 Å². The summed E-state index contributed by atoms with van der Waals surface area (Å²) in [5.41, 5.74) is -0.625. The normalized spacial score (nSPS) is 12.4. The number of aliphatic hydroxyl groups is 6. The standard InChI is InChI=1S/C34H49BN12O18S4/c48-11-7-35(8-12-49)46-33-42-29(36-9-13-66(54,55)56)40-31(43-33)38-23-5-3-21(27(15-23)68(60,61)62)1-2-22-4-6-24(16-28(22)69(63,64)65)39-32-41-30(37-10-14-67(57,58)59)44-34(45-32)47(25(17-50)18-51)26(19-52)20-53/h1-6,15-16,25-26,48-53H,7-14,17-20H2,(H,54,55,56)(H,57,58,59)(H,60,61,62)(H,63,64,65)(H2,37,39,41,44,45)(H3,36,38,40,42,43,46). The molecular weight excluding hydrogens is 1000 g/mol. The highest BCUT2D eigenvalue weighted by Crippen LogP contribution is 2.29. The van der Waals surface area contributed by atoms with Gasteiger partial charge in [0.05, 0.1) is 50.0 Å². The summed E-state index contributed by atoms with van der Waals surface area (Å²) in [7, 11) is -19.0. The van der Waals surface area contributed by atoms with Gasteiger partial charge in [-0.15, -0.1) is 0 Å². The molecule has 0 amide bonds. The highest BCUT2D eigenvalue weighted by atomic mass is 32.2. The van der Waals surface area contributed by atoms with E-state index in [-0.39, 0.29) is 78.7 Å². The number of anilines is 8. The Morgan fingerprint density at radius 1 is 0.536 bits per heavy atom. The summed E-state index contributed by atoms with van der Waals surface area (Å²) >= 11 is 0. The Morgan fingerprint density at radius 2 is 0.913 bits per heavy atom. The summed E-state index contributed by atoms with van der Waals surface area (Å²) in [5.74, 6) is -3.36. The lowest BCUT2D eigenvalue weighted by Crippen LogP contribution is -2.51. The summed E-state index contributed by atoms with van der Waals surface area (Å²) in [4.78, 5) is 24.4. The van der Waals surface area contributed by atoms with Crippen molar-refractivity contribution in [2.75, 3.05) is 95.6 Å². The summed E-state index contributed by atoms with van der Waals surface area (Å²) < 4.78 is 135. The van der Waals surface area contributed by atoms with Crippen LogP contribution in [-0.2, 0) is 40.5 Å². The Balaban J connectivity index is 1.72. The van der Waals surface area contributed by atoms with Crippen molar-refractivity contribution in [2.45, 2.75) is 34.5 Å². The lowest BCUT2D eigenvalue weighted by atomic mass is 9.57. The SMILES string of the molecule is O=S(=O)(O)CCNc1nc(NB(CCO)CCO)nc(Nc2ccc(C=Cc3ccc(Nc4nc(NCCS(=O)(=O)O)nc(N(C(CO)CO)C(CO)CO)n4)cc3S(=O)(=O)O)c(S(=O)(=O)O)c2)n1. The van der Waals surface area contributed by atoms with Gasteiger partial charge in [0.25, 0.3) is 47.3 Å². The first kappa shape index (κ1) is 56.1. The largest absolute Gasteiger partial charge is 0.397 e.